The van der Waals surface area contributed by atoms with E-state index in [-0.39, 0.29) is 11.4 Å². The van der Waals surface area contributed by atoms with Gasteiger partial charge in [-0.1, -0.05) is 0 Å². The standard InChI is InChI=1S/C9H7FN4O3/c1-17-7-3-2-5(4-6(7)10)14-8(9(15)16)11-12-13-14/h2-4H,1H3,(H,15,16). The van der Waals surface area contributed by atoms with E-state index in [4.69, 9.17) is 9.84 Å². The molecule has 0 amide bonds. The average Bonchev–Trinajstić information content (AvgIpc) is 2.77. The quantitative estimate of drug-likeness (QED) is 0.837. The molecule has 0 saturated carbocycles. The molecule has 0 unspecified atom stereocenters. The summed E-state index contributed by atoms with van der Waals surface area (Å²) in [7, 11) is 1.33. The van der Waals surface area contributed by atoms with Crippen LogP contribution in [0.15, 0.2) is 18.2 Å². The zero-order chi connectivity index (χ0) is 12.4. The Morgan fingerprint density at radius 3 is 2.88 bits per heavy atom. The predicted octanol–water partition coefficient (Wildman–Crippen LogP) is 0.508. The minimum atomic E-state index is -1.30. The van der Waals surface area contributed by atoms with E-state index in [1.54, 1.807) is 0 Å². The molecule has 1 N–H and O–H groups in total. The van der Waals surface area contributed by atoms with Crippen molar-refractivity contribution in [1.82, 2.24) is 20.2 Å². The average molecular weight is 238 g/mol. The highest BCUT2D eigenvalue weighted by Gasteiger charge is 2.16. The molecule has 1 heterocycles. The van der Waals surface area contributed by atoms with Crippen LogP contribution in [0.25, 0.3) is 5.69 Å². The molecule has 2 aromatic rings. The molecule has 1 aromatic carbocycles. The van der Waals surface area contributed by atoms with Crippen LogP contribution in [0, 0.1) is 5.82 Å². The van der Waals surface area contributed by atoms with Crippen LogP contribution in [-0.2, 0) is 0 Å². The maximum absolute atomic E-state index is 13.4. The van der Waals surface area contributed by atoms with Crippen LogP contribution < -0.4 is 4.74 Å². The first-order valence-corrected chi connectivity index (χ1v) is 4.49. The minimum absolute atomic E-state index is 0.0544. The van der Waals surface area contributed by atoms with Crippen molar-refractivity contribution in [3.05, 3.63) is 29.8 Å². The minimum Gasteiger partial charge on any atom is -0.494 e. The highest BCUT2D eigenvalue weighted by molar-refractivity contribution is 5.83. The Hall–Kier alpha value is -2.51. The number of carbonyl (C=O) groups is 1. The Kier molecular flexibility index (Phi) is 2.69. The number of nitrogens with zero attached hydrogens (tertiary/aromatic N) is 4. The van der Waals surface area contributed by atoms with E-state index in [0.717, 1.165) is 10.7 Å². The summed E-state index contributed by atoms with van der Waals surface area (Å²) >= 11 is 0. The van der Waals surface area contributed by atoms with Gasteiger partial charge in [-0.25, -0.2) is 9.18 Å². The maximum atomic E-state index is 13.4. The number of carboxylic acid groups (broad SMARTS) is 1. The Balaban J connectivity index is 2.50. The molecule has 0 bridgehead atoms. The number of aromatic nitrogens is 4. The van der Waals surface area contributed by atoms with E-state index >= 15 is 0 Å². The Morgan fingerprint density at radius 2 is 2.29 bits per heavy atom. The van der Waals surface area contributed by atoms with Crippen LogP contribution in [0.4, 0.5) is 4.39 Å². The van der Waals surface area contributed by atoms with Gasteiger partial charge in [0.05, 0.1) is 12.8 Å². The van der Waals surface area contributed by atoms with Crippen LogP contribution in [0.2, 0.25) is 0 Å². The highest BCUT2D eigenvalue weighted by Crippen LogP contribution is 2.19. The topological polar surface area (TPSA) is 90.1 Å². The second kappa shape index (κ2) is 4.16. The lowest BCUT2D eigenvalue weighted by atomic mass is 10.3. The summed E-state index contributed by atoms with van der Waals surface area (Å²) in [6.45, 7) is 0. The fourth-order valence-corrected chi connectivity index (χ4v) is 1.28. The summed E-state index contributed by atoms with van der Waals surface area (Å²) in [5.74, 6) is -2.27. The summed E-state index contributed by atoms with van der Waals surface area (Å²) in [6, 6.07) is 3.89. The lowest BCUT2D eigenvalue weighted by Crippen LogP contribution is -2.09. The monoisotopic (exact) mass is 238 g/mol. The zero-order valence-corrected chi connectivity index (χ0v) is 8.66. The van der Waals surface area contributed by atoms with Gasteiger partial charge in [-0.2, -0.15) is 4.68 Å². The van der Waals surface area contributed by atoms with Crippen LogP contribution in [0.5, 0.6) is 5.75 Å². The molecular weight excluding hydrogens is 231 g/mol. The molecule has 0 spiro atoms. The van der Waals surface area contributed by atoms with E-state index in [2.05, 4.69) is 15.5 Å². The molecule has 2 rings (SSSR count). The van der Waals surface area contributed by atoms with Crippen molar-refractivity contribution in [2.45, 2.75) is 0 Å². The van der Waals surface area contributed by atoms with Gasteiger partial charge in [0.2, 0.25) is 0 Å². The van der Waals surface area contributed by atoms with E-state index in [1.807, 2.05) is 0 Å². The van der Waals surface area contributed by atoms with Crippen molar-refractivity contribution in [3.8, 4) is 11.4 Å². The lowest BCUT2D eigenvalue weighted by molar-refractivity contribution is 0.0680. The summed E-state index contributed by atoms with van der Waals surface area (Å²) < 4.78 is 19.1. The smallest absolute Gasteiger partial charge is 0.376 e. The zero-order valence-electron chi connectivity index (χ0n) is 8.66. The van der Waals surface area contributed by atoms with E-state index < -0.39 is 17.6 Å². The molecule has 0 aliphatic rings. The number of ether oxygens (including phenoxy) is 1. The maximum Gasteiger partial charge on any atom is 0.376 e. The molecule has 0 aliphatic carbocycles. The molecule has 7 nitrogen and oxygen atoms in total. The Bertz CT molecular complexity index is 569. The third-order valence-corrected chi connectivity index (χ3v) is 2.04. The predicted molar refractivity (Wildman–Crippen MR) is 52.6 cm³/mol. The number of methoxy groups -OCH3 is 1. The molecule has 0 atom stereocenters. The fourth-order valence-electron chi connectivity index (χ4n) is 1.28. The van der Waals surface area contributed by atoms with E-state index in [0.29, 0.717) is 0 Å². The number of hydrogen-bond donors (Lipinski definition) is 1. The second-order valence-electron chi connectivity index (χ2n) is 3.04. The van der Waals surface area contributed by atoms with Crippen LogP contribution in [0.3, 0.4) is 0 Å². The van der Waals surface area contributed by atoms with Gasteiger partial charge >= 0.3 is 5.97 Å². The number of aromatic carboxylic acids is 1. The number of benzene rings is 1. The third kappa shape index (κ3) is 1.92. The largest absolute Gasteiger partial charge is 0.494 e. The van der Waals surface area contributed by atoms with Crippen LogP contribution in [-0.4, -0.2) is 38.4 Å². The molecule has 0 fully saturated rings. The van der Waals surface area contributed by atoms with Crippen molar-refractivity contribution in [2.75, 3.05) is 7.11 Å². The number of tetrazole rings is 1. The highest BCUT2D eigenvalue weighted by atomic mass is 19.1. The summed E-state index contributed by atoms with van der Waals surface area (Å²) in [6.07, 6.45) is 0. The third-order valence-electron chi connectivity index (χ3n) is 2.04. The first-order valence-electron chi connectivity index (χ1n) is 4.49. The SMILES string of the molecule is COc1ccc(-n2nnnc2C(=O)O)cc1F. The molecule has 0 radical (unpaired) electrons. The van der Waals surface area contributed by atoms with Gasteiger partial charge in [0.25, 0.3) is 5.82 Å². The number of hydrogen-bond acceptors (Lipinski definition) is 5. The summed E-state index contributed by atoms with van der Waals surface area (Å²) in [5, 5.41) is 18.8. The van der Waals surface area contributed by atoms with E-state index in [9.17, 15) is 9.18 Å². The van der Waals surface area contributed by atoms with Crippen molar-refractivity contribution >= 4 is 5.97 Å². The van der Waals surface area contributed by atoms with Gasteiger partial charge in [-0.15, -0.1) is 5.10 Å². The Morgan fingerprint density at radius 1 is 1.53 bits per heavy atom. The normalized spacial score (nSPS) is 10.2. The summed E-state index contributed by atoms with van der Waals surface area (Å²) in [5.41, 5.74) is 0.200. The lowest BCUT2D eigenvalue weighted by Gasteiger charge is -2.05. The first-order chi connectivity index (χ1) is 8.13. The Labute approximate surface area is 94.4 Å². The van der Waals surface area contributed by atoms with Crippen LogP contribution >= 0.6 is 0 Å². The number of carboxylic acids is 1. The molecule has 8 heteroatoms. The van der Waals surface area contributed by atoms with E-state index in [1.165, 1.54) is 19.2 Å². The fraction of sp³-hybridized carbons (Fsp3) is 0.111. The van der Waals surface area contributed by atoms with Gasteiger partial charge in [0.15, 0.2) is 11.6 Å². The second-order valence-corrected chi connectivity index (χ2v) is 3.04. The number of rotatable bonds is 3. The van der Waals surface area contributed by atoms with Crippen LogP contribution in [0.1, 0.15) is 10.6 Å². The van der Waals surface area contributed by atoms with Gasteiger partial charge < -0.3 is 9.84 Å². The molecule has 0 saturated heterocycles. The molecule has 0 aliphatic heterocycles. The van der Waals surface area contributed by atoms with Crippen molar-refractivity contribution in [1.29, 1.82) is 0 Å². The van der Waals surface area contributed by atoms with Gasteiger partial charge in [0.1, 0.15) is 0 Å². The molecule has 88 valence electrons. The molecule has 1 aromatic heterocycles. The summed E-state index contributed by atoms with van der Waals surface area (Å²) in [4.78, 5) is 10.8. The first kappa shape index (κ1) is 11.0. The van der Waals surface area contributed by atoms with Crippen molar-refractivity contribution in [3.63, 3.8) is 0 Å². The van der Waals surface area contributed by atoms with Gasteiger partial charge in [-0.3, -0.25) is 0 Å². The van der Waals surface area contributed by atoms with Gasteiger partial charge in [-0.05, 0) is 22.6 Å². The van der Waals surface area contributed by atoms with Gasteiger partial charge in [0, 0.05) is 6.07 Å². The molecular formula is C9H7FN4O3. The van der Waals surface area contributed by atoms with Crippen molar-refractivity contribution in [2.24, 2.45) is 0 Å². The molecule has 17 heavy (non-hydrogen) atoms. The van der Waals surface area contributed by atoms with Crippen molar-refractivity contribution < 1.29 is 19.0 Å². The number of halogens is 1.